The third-order valence-electron chi connectivity index (χ3n) is 3.59. The lowest BCUT2D eigenvalue weighted by molar-refractivity contribution is 0.0998. The second-order valence-electron chi connectivity index (χ2n) is 5.44. The van der Waals surface area contributed by atoms with Crippen molar-refractivity contribution in [2.45, 2.75) is 0 Å². The third kappa shape index (κ3) is 4.18. The number of pyridine rings is 1. The Bertz CT molecular complexity index is 1070. The normalized spacial score (nSPS) is 11.8. The average molecular weight is 379 g/mol. The van der Waals surface area contributed by atoms with Gasteiger partial charge in [0.15, 0.2) is 0 Å². The minimum Gasteiger partial charge on any atom is -0.507 e. The highest BCUT2D eigenvalue weighted by atomic mass is 32.1. The molecule has 27 heavy (non-hydrogen) atoms. The van der Waals surface area contributed by atoms with Gasteiger partial charge in [-0.05, 0) is 30.3 Å². The molecule has 0 saturated heterocycles. The molecule has 7 nitrogen and oxygen atoms in total. The van der Waals surface area contributed by atoms with E-state index < -0.39 is 5.91 Å². The summed E-state index contributed by atoms with van der Waals surface area (Å²) in [7, 11) is 0. The summed E-state index contributed by atoms with van der Waals surface area (Å²) in [5.74, 6) is -0.869. The number of hydrogen-bond donors (Lipinski definition) is 2. The van der Waals surface area contributed by atoms with Crippen molar-refractivity contribution in [3.05, 3.63) is 76.7 Å². The molecule has 0 atom stereocenters. The largest absolute Gasteiger partial charge is 0.507 e. The van der Waals surface area contributed by atoms with Crippen LogP contribution >= 0.6 is 11.3 Å². The zero-order chi connectivity index (χ0) is 19.2. The van der Waals surface area contributed by atoms with Gasteiger partial charge in [-0.2, -0.15) is 5.10 Å². The van der Waals surface area contributed by atoms with Crippen LogP contribution in [0.5, 0.6) is 5.75 Å². The van der Waals surface area contributed by atoms with Crippen LogP contribution in [0.1, 0.15) is 16.1 Å². The van der Waals surface area contributed by atoms with E-state index in [1.807, 2.05) is 23.6 Å². The molecule has 0 spiro atoms. The van der Waals surface area contributed by atoms with Gasteiger partial charge in [0.05, 0.1) is 29.7 Å². The molecular formula is C19H17N5O2S. The lowest BCUT2D eigenvalue weighted by Crippen LogP contribution is -2.13. The number of rotatable bonds is 6. The van der Waals surface area contributed by atoms with Crippen LogP contribution in [-0.4, -0.2) is 33.4 Å². The van der Waals surface area contributed by atoms with Crippen molar-refractivity contribution in [1.29, 1.82) is 0 Å². The van der Waals surface area contributed by atoms with E-state index in [1.54, 1.807) is 29.2 Å². The van der Waals surface area contributed by atoms with Crippen LogP contribution in [0.25, 0.3) is 11.3 Å². The zero-order valence-corrected chi connectivity index (χ0v) is 15.1. The Kier molecular flexibility index (Phi) is 5.58. The van der Waals surface area contributed by atoms with Gasteiger partial charge >= 0.3 is 0 Å². The Balaban J connectivity index is 2.12. The summed E-state index contributed by atoms with van der Waals surface area (Å²) in [6.45, 7) is 4.12. The Hall–Kier alpha value is -3.52. The fourth-order valence-electron chi connectivity index (χ4n) is 2.32. The lowest BCUT2D eigenvalue weighted by atomic mass is 10.1. The van der Waals surface area contributed by atoms with Gasteiger partial charge in [0.1, 0.15) is 5.75 Å². The Morgan fingerprint density at radius 2 is 2.22 bits per heavy atom. The first kappa shape index (κ1) is 18.3. The van der Waals surface area contributed by atoms with E-state index in [0.29, 0.717) is 28.3 Å². The van der Waals surface area contributed by atoms with Crippen LogP contribution in [0.15, 0.2) is 70.7 Å². The fraction of sp³-hybridized carbons (Fsp3) is 0.0526. The molecule has 3 aromatic rings. The van der Waals surface area contributed by atoms with Gasteiger partial charge in [-0.1, -0.05) is 12.1 Å². The van der Waals surface area contributed by atoms with Gasteiger partial charge in [-0.25, -0.2) is 4.68 Å². The van der Waals surface area contributed by atoms with E-state index in [-0.39, 0.29) is 11.3 Å². The average Bonchev–Trinajstić information content (AvgIpc) is 3.08. The summed E-state index contributed by atoms with van der Waals surface area (Å²) in [5, 5.41) is 16.2. The maximum Gasteiger partial charge on any atom is 0.252 e. The standard InChI is InChI=1S/C19H17N5O2S/c1-2-8-22-19-24(23-11-14-5-3-4-9-21-14)16(12-27-19)13-6-7-17(25)15(10-13)18(20)26/h2-7,9-12,25H,1,8H2,(H2,20,26)/b22-19?,23-11+. The van der Waals surface area contributed by atoms with Gasteiger partial charge in [-0.3, -0.25) is 14.8 Å². The van der Waals surface area contributed by atoms with Gasteiger partial charge < -0.3 is 10.8 Å². The molecular weight excluding hydrogens is 362 g/mol. The molecule has 0 aliphatic rings. The SMILES string of the molecule is C=CCN=c1scc(-c2ccc(O)c(C(N)=O)c2)n1/N=C/c1ccccn1. The predicted octanol–water partition coefficient (Wildman–Crippen LogP) is 2.39. The van der Waals surface area contributed by atoms with E-state index in [4.69, 9.17) is 5.73 Å². The second-order valence-corrected chi connectivity index (χ2v) is 6.28. The van der Waals surface area contributed by atoms with Gasteiger partial charge in [0.25, 0.3) is 5.91 Å². The third-order valence-corrected chi connectivity index (χ3v) is 4.45. The predicted molar refractivity (Wildman–Crippen MR) is 106 cm³/mol. The first-order valence-corrected chi connectivity index (χ1v) is 8.88. The summed E-state index contributed by atoms with van der Waals surface area (Å²) >= 11 is 1.40. The quantitative estimate of drug-likeness (QED) is 0.507. The summed E-state index contributed by atoms with van der Waals surface area (Å²) < 4.78 is 1.65. The molecule has 136 valence electrons. The monoisotopic (exact) mass is 379 g/mol. The number of aromatic nitrogens is 2. The first-order chi connectivity index (χ1) is 13.1. The molecule has 1 aromatic carbocycles. The molecule has 2 heterocycles. The van der Waals surface area contributed by atoms with Crippen molar-refractivity contribution in [1.82, 2.24) is 9.66 Å². The van der Waals surface area contributed by atoms with E-state index in [1.165, 1.54) is 23.5 Å². The number of carbonyl (C=O) groups is 1. The Morgan fingerprint density at radius 1 is 1.37 bits per heavy atom. The van der Waals surface area contributed by atoms with Crippen LogP contribution in [0.4, 0.5) is 0 Å². The molecule has 0 aliphatic carbocycles. The molecule has 0 radical (unpaired) electrons. The van der Waals surface area contributed by atoms with Crippen LogP contribution in [0, 0.1) is 0 Å². The smallest absolute Gasteiger partial charge is 0.252 e. The van der Waals surface area contributed by atoms with E-state index in [9.17, 15) is 9.90 Å². The maximum absolute atomic E-state index is 11.5. The number of carbonyl (C=O) groups excluding carboxylic acids is 1. The van der Waals surface area contributed by atoms with Crippen LogP contribution < -0.4 is 10.5 Å². The van der Waals surface area contributed by atoms with Crippen molar-refractivity contribution in [3.63, 3.8) is 0 Å². The molecule has 8 heteroatoms. The summed E-state index contributed by atoms with van der Waals surface area (Å²) in [5.41, 5.74) is 7.46. The van der Waals surface area contributed by atoms with Crippen molar-refractivity contribution >= 4 is 23.5 Å². The highest BCUT2D eigenvalue weighted by Crippen LogP contribution is 2.26. The highest BCUT2D eigenvalue weighted by molar-refractivity contribution is 7.07. The number of primary amides is 1. The molecule has 0 saturated carbocycles. The van der Waals surface area contributed by atoms with E-state index in [2.05, 4.69) is 21.7 Å². The summed E-state index contributed by atoms with van der Waals surface area (Å²) in [4.78, 5) is 20.9. The number of aromatic hydroxyl groups is 1. The van der Waals surface area contributed by atoms with Gasteiger partial charge in [0, 0.05) is 17.1 Å². The topological polar surface area (TPSA) is 106 Å². The Labute approximate surface area is 159 Å². The van der Waals surface area contributed by atoms with Crippen LogP contribution in [0.2, 0.25) is 0 Å². The lowest BCUT2D eigenvalue weighted by Gasteiger charge is -2.06. The molecule has 3 rings (SSSR count). The van der Waals surface area contributed by atoms with E-state index >= 15 is 0 Å². The maximum atomic E-state index is 11.5. The molecule has 2 aromatic heterocycles. The minimum atomic E-state index is -0.704. The number of nitrogens with zero attached hydrogens (tertiary/aromatic N) is 4. The van der Waals surface area contributed by atoms with Crippen molar-refractivity contribution in [3.8, 4) is 17.0 Å². The van der Waals surface area contributed by atoms with Crippen molar-refractivity contribution < 1.29 is 9.90 Å². The minimum absolute atomic E-state index is 0.0449. The fourth-order valence-corrected chi connectivity index (χ4v) is 3.17. The number of benzene rings is 1. The molecule has 1 amide bonds. The van der Waals surface area contributed by atoms with Crippen LogP contribution in [-0.2, 0) is 0 Å². The number of hydrogen-bond acceptors (Lipinski definition) is 6. The first-order valence-electron chi connectivity index (χ1n) is 8.00. The molecule has 0 fully saturated rings. The molecule has 0 aliphatic heterocycles. The summed E-state index contributed by atoms with van der Waals surface area (Å²) in [6, 6.07) is 10.2. The summed E-state index contributed by atoms with van der Waals surface area (Å²) in [6.07, 6.45) is 5.00. The van der Waals surface area contributed by atoms with Crippen molar-refractivity contribution in [2.75, 3.05) is 6.54 Å². The van der Waals surface area contributed by atoms with Crippen molar-refractivity contribution in [2.24, 2.45) is 15.8 Å². The molecule has 0 unspecified atom stereocenters. The van der Waals surface area contributed by atoms with Gasteiger partial charge in [-0.15, -0.1) is 17.9 Å². The van der Waals surface area contributed by atoms with Crippen LogP contribution in [0.3, 0.4) is 0 Å². The number of amides is 1. The Morgan fingerprint density at radius 3 is 2.93 bits per heavy atom. The van der Waals surface area contributed by atoms with Gasteiger partial charge in [0.2, 0.25) is 4.80 Å². The number of phenols is 1. The molecule has 3 N–H and O–H groups in total. The zero-order valence-electron chi connectivity index (χ0n) is 14.3. The number of thiazole rings is 1. The molecule has 0 bridgehead atoms. The number of nitrogens with two attached hydrogens (primary N) is 1. The van der Waals surface area contributed by atoms with E-state index in [0.717, 1.165) is 0 Å². The second kappa shape index (κ2) is 8.24. The highest BCUT2D eigenvalue weighted by Gasteiger charge is 2.13.